The molecule has 6 heteroatoms. The molecule has 6 N–H and O–H groups in total. The second-order valence-corrected chi connectivity index (χ2v) is 4.59. The lowest BCUT2D eigenvalue weighted by molar-refractivity contribution is -0.117. The number of nitrogens with two attached hydrogens (primary N) is 1. The number of phenolic OH excluding ortho intramolecular Hbond substituents is 3. The van der Waals surface area contributed by atoms with Crippen LogP contribution in [0.4, 0.5) is 5.69 Å². The summed E-state index contributed by atoms with van der Waals surface area (Å²) >= 11 is 0. The Labute approximate surface area is 121 Å². The molecule has 0 bridgehead atoms. The van der Waals surface area contributed by atoms with Crippen LogP contribution in [0.25, 0.3) is 0 Å². The zero-order chi connectivity index (χ0) is 15.4. The number of phenols is 3. The Balaban J connectivity index is 2.17. The van der Waals surface area contributed by atoms with Gasteiger partial charge in [0.15, 0.2) is 11.5 Å². The van der Waals surface area contributed by atoms with Gasteiger partial charge in [0.1, 0.15) is 0 Å². The van der Waals surface area contributed by atoms with Gasteiger partial charge in [0.05, 0.1) is 6.42 Å². The van der Waals surface area contributed by atoms with E-state index < -0.39 is 11.7 Å². The van der Waals surface area contributed by atoms with E-state index in [1.54, 1.807) is 24.3 Å². The summed E-state index contributed by atoms with van der Waals surface area (Å²) in [6, 6.07) is 9.96. The molecule has 0 saturated carbocycles. The zero-order valence-electron chi connectivity index (χ0n) is 11.2. The number of carbonyl (C=O) groups is 1. The van der Waals surface area contributed by atoms with Crippen molar-refractivity contribution in [2.24, 2.45) is 5.73 Å². The summed E-state index contributed by atoms with van der Waals surface area (Å²) in [6.45, 7) is 0.218. The van der Waals surface area contributed by atoms with Gasteiger partial charge in [0, 0.05) is 17.8 Å². The molecule has 21 heavy (non-hydrogen) atoms. The first-order chi connectivity index (χ1) is 9.99. The molecule has 0 spiro atoms. The van der Waals surface area contributed by atoms with Gasteiger partial charge >= 0.3 is 0 Å². The molecule has 2 rings (SSSR count). The van der Waals surface area contributed by atoms with E-state index in [0.717, 1.165) is 5.56 Å². The smallest absolute Gasteiger partial charge is 0.221 e. The van der Waals surface area contributed by atoms with Gasteiger partial charge in [-0.05, 0) is 23.8 Å². The summed E-state index contributed by atoms with van der Waals surface area (Å²) in [7, 11) is 0. The zero-order valence-corrected chi connectivity index (χ0v) is 11.2. The van der Waals surface area contributed by atoms with E-state index in [1.165, 1.54) is 12.1 Å². The quantitative estimate of drug-likeness (QED) is 0.534. The first-order valence-electron chi connectivity index (χ1n) is 6.32. The summed E-state index contributed by atoms with van der Waals surface area (Å²) in [5.41, 5.74) is 7.06. The number of carbonyl (C=O) groups excluding carboxylic acids is 1. The molecular weight excluding hydrogens is 272 g/mol. The minimum atomic E-state index is -0.556. The van der Waals surface area contributed by atoms with Crippen LogP contribution < -0.4 is 11.1 Å². The number of aromatic hydroxyl groups is 3. The number of hydrogen-bond donors (Lipinski definition) is 5. The third kappa shape index (κ3) is 3.36. The molecule has 0 aliphatic rings. The Bertz CT molecular complexity index is 671. The fourth-order valence-corrected chi connectivity index (χ4v) is 1.98. The summed E-state index contributed by atoms with van der Waals surface area (Å²) in [4.78, 5) is 11.0. The topological polar surface area (TPSA) is 116 Å². The summed E-state index contributed by atoms with van der Waals surface area (Å²) < 4.78 is 0. The van der Waals surface area contributed by atoms with Crippen LogP contribution in [-0.4, -0.2) is 21.2 Å². The van der Waals surface area contributed by atoms with Crippen molar-refractivity contribution >= 4 is 11.6 Å². The lowest BCUT2D eigenvalue weighted by Gasteiger charge is -2.13. The van der Waals surface area contributed by atoms with Crippen LogP contribution in [0.1, 0.15) is 11.1 Å². The highest BCUT2D eigenvalue weighted by Crippen LogP contribution is 2.37. The number of anilines is 1. The van der Waals surface area contributed by atoms with Gasteiger partial charge in [-0.25, -0.2) is 0 Å². The average molecular weight is 288 g/mol. The molecule has 110 valence electrons. The molecule has 0 atom stereocenters. The maximum atomic E-state index is 11.0. The van der Waals surface area contributed by atoms with Crippen LogP contribution in [0.5, 0.6) is 17.2 Å². The molecule has 0 fully saturated rings. The minimum absolute atomic E-state index is 0.107. The van der Waals surface area contributed by atoms with Crippen molar-refractivity contribution in [3.63, 3.8) is 0 Å². The first kappa shape index (κ1) is 14.5. The van der Waals surface area contributed by atoms with Crippen molar-refractivity contribution in [3.05, 3.63) is 47.5 Å². The van der Waals surface area contributed by atoms with Crippen molar-refractivity contribution in [1.29, 1.82) is 0 Å². The van der Waals surface area contributed by atoms with E-state index in [-0.39, 0.29) is 24.5 Å². The molecular formula is C15H16N2O4. The number of benzene rings is 2. The second kappa shape index (κ2) is 6.04. The number of para-hydroxylation sites is 1. The molecule has 0 radical (unpaired) electrons. The molecule has 1 amide bonds. The molecule has 0 unspecified atom stereocenters. The fraction of sp³-hybridized carbons (Fsp3) is 0.133. The van der Waals surface area contributed by atoms with Crippen molar-refractivity contribution < 1.29 is 20.1 Å². The maximum Gasteiger partial charge on any atom is 0.221 e. The number of nitrogens with one attached hydrogen (secondary N) is 1. The Morgan fingerprint density at radius 3 is 2.43 bits per heavy atom. The van der Waals surface area contributed by atoms with E-state index in [4.69, 9.17) is 5.73 Å². The van der Waals surface area contributed by atoms with Gasteiger partial charge < -0.3 is 26.4 Å². The van der Waals surface area contributed by atoms with Gasteiger partial charge in [-0.3, -0.25) is 4.79 Å². The van der Waals surface area contributed by atoms with Crippen LogP contribution >= 0.6 is 0 Å². The molecule has 2 aromatic rings. The standard InChI is InChI=1S/C15H16N2O4/c16-13(19)7-9-3-1-2-4-11(9)17-8-10-5-6-12(18)15(21)14(10)20/h1-6,17-18,20-21H,7-8H2,(H2,16,19). The van der Waals surface area contributed by atoms with Crippen LogP contribution in [0.3, 0.4) is 0 Å². The number of amides is 1. The lowest BCUT2D eigenvalue weighted by Crippen LogP contribution is -2.15. The van der Waals surface area contributed by atoms with Gasteiger partial charge in [-0.2, -0.15) is 0 Å². The molecule has 0 aliphatic heterocycles. The maximum absolute atomic E-state index is 11.0. The summed E-state index contributed by atoms with van der Waals surface area (Å²) in [5, 5.41) is 31.5. The molecule has 2 aromatic carbocycles. The van der Waals surface area contributed by atoms with Crippen LogP contribution in [0, 0.1) is 0 Å². The minimum Gasteiger partial charge on any atom is -0.504 e. The third-order valence-corrected chi connectivity index (χ3v) is 3.06. The number of rotatable bonds is 5. The van der Waals surface area contributed by atoms with Crippen molar-refractivity contribution in [2.45, 2.75) is 13.0 Å². The number of primary amides is 1. The Morgan fingerprint density at radius 1 is 1.00 bits per heavy atom. The molecule has 0 aromatic heterocycles. The largest absolute Gasteiger partial charge is 0.504 e. The number of hydrogen-bond acceptors (Lipinski definition) is 5. The van der Waals surface area contributed by atoms with E-state index in [9.17, 15) is 20.1 Å². The predicted octanol–water partition coefficient (Wildman–Crippen LogP) is 1.44. The van der Waals surface area contributed by atoms with Crippen molar-refractivity contribution in [1.82, 2.24) is 0 Å². The molecule has 0 aliphatic carbocycles. The normalized spacial score (nSPS) is 10.3. The highest BCUT2D eigenvalue weighted by atomic mass is 16.3. The highest BCUT2D eigenvalue weighted by molar-refractivity contribution is 5.78. The van der Waals surface area contributed by atoms with Gasteiger partial charge in [0.2, 0.25) is 11.7 Å². The van der Waals surface area contributed by atoms with Crippen LogP contribution in [0.15, 0.2) is 36.4 Å². The highest BCUT2D eigenvalue weighted by Gasteiger charge is 2.11. The average Bonchev–Trinajstić information content (AvgIpc) is 2.45. The van der Waals surface area contributed by atoms with Gasteiger partial charge in [-0.15, -0.1) is 0 Å². The summed E-state index contributed by atoms with van der Waals surface area (Å²) in [5.74, 6) is -1.76. The van der Waals surface area contributed by atoms with E-state index >= 15 is 0 Å². The van der Waals surface area contributed by atoms with E-state index in [1.807, 2.05) is 0 Å². The van der Waals surface area contributed by atoms with E-state index in [2.05, 4.69) is 5.32 Å². The predicted molar refractivity (Wildman–Crippen MR) is 78.1 cm³/mol. The van der Waals surface area contributed by atoms with Crippen molar-refractivity contribution in [2.75, 3.05) is 5.32 Å². The monoisotopic (exact) mass is 288 g/mol. The second-order valence-electron chi connectivity index (χ2n) is 4.59. The van der Waals surface area contributed by atoms with Crippen LogP contribution in [-0.2, 0) is 17.8 Å². The third-order valence-electron chi connectivity index (χ3n) is 3.06. The SMILES string of the molecule is NC(=O)Cc1ccccc1NCc1ccc(O)c(O)c1O. The van der Waals surface area contributed by atoms with Crippen LogP contribution in [0.2, 0.25) is 0 Å². The Morgan fingerprint density at radius 2 is 1.71 bits per heavy atom. The van der Waals surface area contributed by atoms with Gasteiger partial charge in [-0.1, -0.05) is 18.2 Å². The molecule has 0 heterocycles. The first-order valence-corrected chi connectivity index (χ1v) is 6.32. The Kier molecular flexibility index (Phi) is 4.18. The van der Waals surface area contributed by atoms with Gasteiger partial charge in [0.25, 0.3) is 0 Å². The molecule has 0 saturated heterocycles. The van der Waals surface area contributed by atoms with E-state index in [0.29, 0.717) is 11.3 Å². The summed E-state index contributed by atoms with van der Waals surface area (Å²) in [6.07, 6.45) is 0.107. The lowest BCUT2D eigenvalue weighted by atomic mass is 10.1. The Hall–Kier alpha value is -2.89. The molecule has 6 nitrogen and oxygen atoms in total. The van der Waals surface area contributed by atoms with Crippen molar-refractivity contribution in [3.8, 4) is 17.2 Å². The fourth-order valence-electron chi connectivity index (χ4n) is 1.98.